The molecular weight excluding hydrogens is 370 g/mol. The summed E-state index contributed by atoms with van der Waals surface area (Å²) in [4.78, 5) is 28.6. The zero-order chi connectivity index (χ0) is 20.6. The van der Waals surface area contributed by atoms with Crippen molar-refractivity contribution in [1.82, 2.24) is 15.6 Å². The van der Waals surface area contributed by atoms with E-state index in [1.165, 1.54) is 6.20 Å². The Bertz CT molecular complexity index is 842. The van der Waals surface area contributed by atoms with Crippen molar-refractivity contribution in [3.63, 3.8) is 0 Å². The zero-order valence-corrected chi connectivity index (χ0v) is 16.2. The number of pyridine rings is 1. The molecule has 3 N–H and O–H groups in total. The molecule has 4 atom stereocenters. The number of ether oxygens (including phenoxy) is 1. The van der Waals surface area contributed by atoms with E-state index >= 15 is 0 Å². The second-order valence-electron chi connectivity index (χ2n) is 6.93. The smallest absolute Gasteiger partial charge is 0.253 e. The molecule has 29 heavy (non-hydrogen) atoms. The van der Waals surface area contributed by atoms with Crippen molar-refractivity contribution < 1.29 is 19.4 Å². The Morgan fingerprint density at radius 2 is 1.97 bits per heavy atom. The summed E-state index contributed by atoms with van der Waals surface area (Å²) in [6.07, 6.45) is 5.59. The first-order valence-corrected chi connectivity index (χ1v) is 9.56. The summed E-state index contributed by atoms with van der Waals surface area (Å²) < 4.78 is 5.81. The van der Waals surface area contributed by atoms with Crippen LogP contribution in [0.25, 0.3) is 0 Å². The summed E-state index contributed by atoms with van der Waals surface area (Å²) in [5.74, 6) is -0.451. The zero-order valence-electron chi connectivity index (χ0n) is 16.2. The summed E-state index contributed by atoms with van der Waals surface area (Å²) in [5.41, 5.74) is 1.45. The lowest BCUT2D eigenvalue weighted by Gasteiger charge is -2.31. The van der Waals surface area contributed by atoms with Gasteiger partial charge in [0, 0.05) is 12.4 Å². The predicted octanol–water partition coefficient (Wildman–Crippen LogP) is 1.76. The molecule has 0 spiro atoms. The number of amides is 2. The van der Waals surface area contributed by atoms with Crippen molar-refractivity contribution >= 4 is 11.8 Å². The van der Waals surface area contributed by atoms with Crippen LogP contribution in [0.1, 0.15) is 35.3 Å². The van der Waals surface area contributed by atoms with Crippen LogP contribution in [0, 0.1) is 0 Å². The Morgan fingerprint density at radius 3 is 2.66 bits per heavy atom. The van der Waals surface area contributed by atoms with Crippen molar-refractivity contribution in [2.75, 3.05) is 6.61 Å². The van der Waals surface area contributed by atoms with Crippen molar-refractivity contribution in [3.05, 3.63) is 78.1 Å². The third-order valence-corrected chi connectivity index (χ3v) is 4.75. The van der Waals surface area contributed by atoms with Gasteiger partial charge in [0.25, 0.3) is 5.91 Å². The number of nitrogens with one attached hydrogen (secondary N) is 2. The Morgan fingerprint density at radius 1 is 1.17 bits per heavy atom. The molecule has 0 fully saturated rings. The second kappa shape index (κ2) is 9.95. The predicted molar refractivity (Wildman–Crippen MR) is 108 cm³/mol. The van der Waals surface area contributed by atoms with Gasteiger partial charge in [-0.15, -0.1) is 0 Å². The van der Waals surface area contributed by atoms with E-state index in [0.717, 1.165) is 5.56 Å². The minimum Gasteiger partial charge on any atom is -0.394 e. The number of rotatable bonds is 7. The standard InChI is InChI=1S/C22H25N3O4/c1-15(16-6-3-2-4-7-16)24-21(27)12-18-9-10-19(20(14-26)29-18)25-22(28)17-8-5-11-23-13-17/h2-11,13,15,18-20,26H,12,14H2,1H3,(H,24,27)(H,25,28)/t15-,18-,19-,20+/m1/s1. The van der Waals surface area contributed by atoms with E-state index in [-0.39, 0.29) is 30.9 Å². The average Bonchev–Trinajstić information content (AvgIpc) is 2.75. The average molecular weight is 395 g/mol. The molecule has 0 aliphatic carbocycles. The van der Waals surface area contributed by atoms with Gasteiger partial charge in [0.05, 0.1) is 36.8 Å². The molecule has 2 heterocycles. The molecule has 0 unspecified atom stereocenters. The van der Waals surface area contributed by atoms with E-state index in [1.54, 1.807) is 30.5 Å². The van der Waals surface area contributed by atoms with Gasteiger partial charge in [0.15, 0.2) is 0 Å². The van der Waals surface area contributed by atoms with Crippen LogP contribution in [0.4, 0.5) is 0 Å². The Hall–Kier alpha value is -3.03. The van der Waals surface area contributed by atoms with Crippen LogP contribution in [0.3, 0.4) is 0 Å². The molecule has 1 aromatic heterocycles. The lowest BCUT2D eigenvalue weighted by Crippen LogP contribution is -2.49. The second-order valence-corrected chi connectivity index (χ2v) is 6.93. The number of hydrogen-bond donors (Lipinski definition) is 3. The molecule has 7 heteroatoms. The number of aliphatic hydroxyl groups excluding tert-OH is 1. The van der Waals surface area contributed by atoms with Gasteiger partial charge in [-0.05, 0) is 24.6 Å². The fourth-order valence-electron chi connectivity index (χ4n) is 3.18. The van der Waals surface area contributed by atoms with Crippen molar-refractivity contribution in [2.45, 2.75) is 37.6 Å². The van der Waals surface area contributed by atoms with Gasteiger partial charge in [0.2, 0.25) is 5.91 Å². The van der Waals surface area contributed by atoms with Crippen molar-refractivity contribution in [1.29, 1.82) is 0 Å². The third-order valence-electron chi connectivity index (χ3n) is 4.75. The van der Waals surface area contributed by atoms with Crippen LogP contribution in [0.5, 0.6) is 0 Å². The Labute approximate surface area is 169 Å². The van der Waals surface area contributed by atoms with E-state index in [0.29, 0.717) is 5.56 Å². The highest BCUT2D eigenvalue weighted by Gasteiger charge is 2.29. The lowest BCUT2D eigenvalue weighted by atomic mass is 10.0. The maximum Gasteiger partial charge on any atom is 0.253 e. The molecular formula is C22H25N3O4. The van der Waals surface area contributed by atoms with E-state index in [2.05, 4.69) is 15.6 Å². The fraction of sp³-hybridized carbons (Fsp3) is 0.318. The topological polar surface area (TPSA) is 101 Å². The molecule has 3 rings (SSSR count). The lowest BCUT2D eigenvalue weighted by molar-refractivity contribution is -0.126. The van der Waals surface area contributed by atoms with Gasteiger partial charge in [0.1, 0.15) is 6.10 Å². The molecule has 0 saturated carbocycles. The molecule has 0 bridgehead atoms. The number of carbonyl (C=O) groups excluding carboxylic acids is 2. The van der Waals surface area contributed by atoms with E-state index in [9.17, 15) is 14.7 Å². The van der Waals surface area contributed by atoms with Crippen LogP contribution in [0.2, 0.25) is 0 Å². The Balaban J connectivity index is 1.55. The number of benzene rings is 1. The number of hydrogen-bond acceptors (Lipinski definition) is 5. The molecule has 1 aliphatic heterocycles. The first-order chi connectivity index (χ1) is 14.1. The molecule has 2 aromatic rings. The monoisotopic (exact) mass is 395 g/mol. The molecule has 1 aliphatic rings. The molecule has 0 saturated heterocycles. The maximum atomic E-state index is 12.4. The summed E-state index contributed by atoms with van der Waals surface area (Å²) >= 11 is 0. The van der Waals surface area contributed by atoms with Crippen LogP contribution < -0.4 is 10.6 Å². The minimum absolute atomic E-state index is 0.114. The SMILES string of the molecule is C[C@@H](NC(=O)C[C@H]1C=C[C@@H](NC(=O)c2cccnc2)[C@H](CO)O1)c1ccccc1. The van der Waals surface area contributed by atoms with Crippen LogP contribution in [0.15, 0.2) is 67.0 Å². The fourth-order valence-corrected chi connectivity index (χ4v) is 3.18. The summed E-state index contributed by atoms with van der Waals surface area (Å²) in [6.45, 7) is 1.65. The van der Waals surface area contributed by atoms with Gasteiger partial charge in [-0.1, -0.05) is 42.5 Å². The molecule has 152 valence electrons. The summed E-state index contributed by atoms with van der Waals surface area (Å²) in [7, 11) is 0. The van der Waals surface area contributed by atoms with Gasteiger partial charge in [-0.2, -0.15) is 0 Å². The molecule has 1 aromatic carbocycles. The highest BCUT2D eigenvalue weighted by molar-refractivity contribution is 5.94. The van der Waals surface area contributed by atoms with Crippen LogP contribution in [-0.4, -0.2) is 46.8 Å². The first-order valence-electron chi connectivity index (χ1n) is 9.56. The van der Waals surface area contributed by atoms with Gasteiger partial charge < -0.3 is 20.5 Å². The molecule has 7 nitrogen and oxygen atoms in total. The number of aromatic nitrogens is 1. The molecule has 2 amide bonds. The first kappa shape index (κ1) is 20.7. The number of carbonyl (C=O) groups is 2. The summed E-state index contributed by atoms with van der Waals surface area (Å²) in [5, 5.41) is 15.4. The Kier molecular flexibility index (Phi) is 7.10. The van der Waals surface area contributed by atoms with Gasteiger partial charge in [-0.3, -0.25) is 14.6 Å². The molecule has 0 radical (unpaired) electrons. The quantitative estimate of drug-likeness (QED) is 0.621. The van der Waals surface area contributed by atoms with Crippen molar-refractivity contribution in [2.24, 2.45) is 0 Å². The van der Waals surface area contributed by atoms with E-state index in [1.807, 2.05) is 37.3 Å². The highest BCUT2D eigenvalue weighted by atomic mass is 16.5. The van der Waals surface area contributed by atoms with Crippen molar-refractivity contribution in [3.8, 4) is 0 Å². The minimum atomic E-state index is -0.634. The van der Waals surface area contributed by atoms with E-state index < -0.39 is 18.2 Å². The van der Waals surface area contributed by atoms with Gasteiger partial charge >= 0.3 is 0 Å². The van der Waals surface area contributed by atoms with Crippen LogP contribution >= 0.6 is 0 Å². The van der Waals surface area contributed by atoms with Crippen LogP contribution in [-0.2, 0) is 9.53 Å². The highest BCUT2D eigenvalue weighted by Crippen LogP contribution is 2.17. The normalized spacial score (nSPS) is 21.9. The van der Waals surface area contributed by atoms with Gasteiger partial charge in [-0.25, -0.2) is 0 Å². The van der Waals surface area contributed by atoms with E-state index in [4.69, 9.17) is 4.74 Å². The number of aliphatic hydroxyl groups is 1. The maximum absolute atomic E-state index is 12.4. The number of nitrogens with zero attached hydrogens (tertiary/aromatic N) is 1. The third kappa shape index (κ3) is 5.73. The summed E-state index contributed by atoms with van der Waals surface area (Å²) in [6, 6.07) is 12.4. The largest absolute Gasteiger partial charge is 0.394 e.